The van der Waals surface area contributed by atoms with Crippen molar-refractivity contribution in [1.82, 2.24) is 10.3 Å². The molecule has 0 radical (unpaired) electrons. The minimum Gasteiger partial charge on any atom is -0.375 e. The normalized spacial score (nSPS) is 28.0. The Morgan fingerprint density at radius 1 is 1.20 bits per heavy atom. The zero-order chi connectivity index (χ0) is 20.4. The summed E-state index contributed by atoms with van der Waals surface area (Å²) in [5, 5.41) is 6.02. The quantitative estimate of drug-likeness (QED) is 0.652. The third kappa shape index (κ3) is 3.97. The third-order valence-electron chi connectivity index (χ3n) is 7.58. The van der Waals surface area contributed by atoms with E-state index in [2.05, 4.69) is 29.8 Å². The van der Waals surface area contributed by atoms with E-state index >= 15 is 0 Å². The van der Waals surface area contributed by atoms with Gasteiger partial charge in [0.25, 0.3) is 0 Å². The van der Waals surface area contributed by atoms with E-state index in [9.17, 15) is 0 Å². The van der Waals surface area contributed by atoms with E-state index in [-0.39, 0.29) is 17.1 Å². The van der Waals surface area contributed by atoms with Crippen LogP contribution in [-0.4, -0.2) is 36.9 Å². The van der Waals surface area contributed by atoms with E-state index in [0.717, 1.165) is 52.0 Å². The predicted molar refractivity (Wildman–Crippen MR) is 121 cm³/mol. The van der Waals surface area contributed by atoms with Crippen LogP contribution >= 0.6 is 11.3 Å². The summed E-state index contributed by atoms with van der Waals surface area (Å²) in [4.78, 5) is 6.26. The molecule has 2 aromatic heterocycles. The van der Waals surface area contributed by atoms with Gasteiger partial charge in [-0.1, -0.05) is 18.9 Å². The maximum atomic E-state index is 6.38. The van der Waals surface area contributed by atoms with Crippen LogP contribution in [0.4, 0.5) is 0 Å². The number of ether oxygens (including phenoxy) is 2. The molecule has 0 aromatic carbocycles. The molecule has 1 saturated carbocycles. The molecule has 2 aliphatic heterocycles. The highest BCUT2D eigenvalue weighted by Crippen LogP contribution is 2.49. The SMILES string of the molecule is Cc1csc2c1CCOC2CNCC[C@@]1(c2ccccn2)CCOC2(CCCC2)C1. The Hall–Kier alpha value is -1.27. The number of thiophene rings is 1. The van der Waals surface area contributed by atoms with E-state index < -0.39 is 0 Å². The second-order valence-electron chi connectivity index (χ2n) is 9.49. The van der Waals surface area contributed by atoms with E-state index in [1.165, 1.54) is 47.4 Å². The molecule has 2 fully saturated rings. The lowest BCUT2D eigenvalue weighted by Crippen LogP contribution is -2.47. The minimum absolute atomic E-state index is 0.0889. The summed E-state index contributed by atoms with van der Waals surface area (Å²) in [5.41, 5.74) is 4.42. The average molecular weight is 427 g/mol. The number of aryl methyl sites for hydroxylation is 1. The molecule has 0 amide bonds. The Morgan fingerprint density at radius 3 is 2.93 bits per heavy atom. The highest BCUT2D eigenvalue weighted by atomic mass is 32.1. The van der Waals surface area contributed by atoms with Gasteiger partial charge in [0.2, 0.25) is 0 Å². The molecular formula is C25H34N2O2S. The number of hydrogen-bond acceptors (Lipinski definition) is 5. The molecule has 162 valence electrons. The molecule has 5 heteroatoms. The van der Waals surface area contributed by atoms with Crippen LogP contribution in [0.1, 0.15) is 72.7 Å². The van der Waals surface area contributed by atoms with Crippen molar-refractivity contribution in [1.29, 1.82) is 0 Å². The van der Waals surface area contributed by atoms with Gasteiger partial charge in [0.05, 0.1) is 12.2 Å². The lowest BCUT2D eigenvalue weighted by molar-refractivity contribution is -0.104. The van der Waals surface area contributed by atoms with Crippen LogP contribution in [0.2, 0.25) is 0 Å². The van der Waals surface area contributed by atoms with Gasteiger partial charge in [0, 0.05) is 35.3 Å². The Bertz CT molecular complexity index is 846. The van der Waals surface area contributed by atoms with Gasteiger partial charge in [-0.15, -0.1) is 11.3 Å². The Balaban J connectivity index is 1.26. The smallest absolute Gasteiger partial charge is 0.104 e. The molecule has 4 heterocycles. The molecule has 1 unspecified atom stereocenters. The van der Waals surface area contributed by atoms with E-state index in [0.29, 0.717) is 0 Å². The van der Waals surface area contributed by atoms with Gasteiger partial charge < -0.3 is 14.8 Å². The summed E-state index contributed by atoms with van der Waals surface area (Å²) in [5.74, 6) is 0. The molecule has 2 atom stereocenters. The van der Waals surface area contributed by atoms with Gasteiger partial charge in [0.1, 0.15) is 6.10 Å². The number of nitrogens with one attached hydrogen (secondary N) is 1. The van der Waals surface area contributed by atoms with Crippen LogP contribution in [0.25, 0.3) is 0 Å². The second-order valence-corrected chi connectivity index (χ2v) is 10.4. The monoisotopic (exact) mass is 426 g/mol. The maximum absolute atomic E-state index is 6.38. The van der Waals surface area contributed by atoms with Crippen LogP contribution in [0.15, 0.2) is 29.8 Å². The first-order chi connectivity index (χ1) is 14.7. The molecule has 0 bridgehead atoms. The van der Waals surface area contributed by atoms with Crippen molar-refractivity contribution in [3.05, 3.63) is 51.5 Å². The van der Waals surface area contributed by atoms with Crippen molar-refractivity contribution in [3.8, 4) is 0 Å². The number of aromatic nitrogens is 1. The first-order valence-corrected chi connectivity index (χ1v) is 12.5. The predicted octanol–water partition coefficient (Wildman–Crippen LogP) is 5.11. The molecule has 3 aliphatic rings. The Kier molecular flexibility index (Phi) is 5.98. The Labute approximate surface area is 184 Å². The van der Waals surface area contributed by atoms with Crippen LogP contribution in [-0.2, 0) is 21.3 Å². The largest absolute Gasteiger partial charge is 0.375 e. The molecule has 4 nitrogen and oxygen atoms in total. The van der Waals surface area contributed by atoms with Crippen molar-refractivity contribution >= 4 is 11.3 Å². The fraction of sp³-hybridized carbons (Fsp3) is 0.640. The zero-order valence-electron chi connectivity index (χ0n) is 18.1. The highest BCUT2D eigenvalue weighted by Gasteiger charge is 2.48. The number of hydrogen-bond donors (Lipinski definition) is 1. The van der Waals surface area contributed by atoms with Crippen LogP contribution in [0.5, 0.6) is 0 Å². The van der Waals surface area contributed by atoms with Gasteiger partial charge in [0.15, 0.2) is 0 Å². The lowest BCUT2D eigenvalue weighted by atomic mass is 9.68. The van der Waals surface area contributed by atoms with E-state index in [4.69, 9.17) is 14.5 Å². The van der Waals surface area contributed by atoms with Crippen LogP contribution < -0.4 is 5.32 Å². The fourth-order valence-corrected chi connectivity index (χ4v) is 7.12. The summed E-state index contributed by atoms with van der Waals surface area (Å²) >= 11 is 1.86. The van der Waals surface area contributed by atoms with Crippen molar-refractivity contribution in [2.45, 2.75) is 75.4 Å². The van der Waals surface area contributed by atoms with Crippen LogP contribution in [0, 0.1) is 6.92 Å². The van der Waals surface area contributed by atoms with E-state index in [1.54, 1.807) is 0 Å². The summed E-state index contributed by atoms with van der Waals surface area (Å²) in [7, 11) is 0. The van der Waals surface area contributed by atoms with Crippen LogP contribution in [0.3, 0.4) is 0 Å². The minimum atomic E-state index is 0.0889. The fourth-order valence-electron chi connectivity index (χ4n) is 5.97. The van der Waals surface area contributed by atoms with Gasteiger partial charge in [-0.2, -0.15) is 0 Å². The molecule has 1 N–H and O–H groups in total. The van der Waals surface area contributed by atoms with Gasteiger partial charge in [-0.25, -0.2) is 0 Å². The Morgan fingerprint density at radius 2 is 2.10 bits per heavy atom. The average Bonchev–Trinajstić information content (AvgIpc) is 3.39. The first-order valence-electron chi connectivity index (χ1n) is 11.6. The van der Waals surface area contributed by atoms with E-state index in [1.807, 2.05) is 23.6 Å². The molecule has 5 rings (SSSR count). The third-order valence-corrected chi connectivity index (χ3v) is 8.82. The number of rotatable bonds is 6. The van der Waals surface area contributed by atoms with Gasteiger partial charge in [-0.3, -0.25) is 4.98 Å². The topological polar surface area (TPSA) is 43.4 Å². The lowest BCUT2D eigenvalue weighted by Gasteiger charge is -2.46. The maximum Gasteiger partial charge on any atom is 0.104 e. The molecule has 1 saturated heterocycles. The van der Waals surface area contributed by atoms with Crippen molar-refractivity contribution in [2.24, 2.45) is 0 Å². The van der Waals surface area contributed by atoms with Gasteiger partial charge in [-0.05, 0) is 80.6 Å². The molecular weight excluding hydrogens is 392 g/mol. The molecule has 2 aromatic rings. The first kappa shape index (κ1) is 20.6. The van der Waals surface area contributed by atoms with Crippen molar-refractivity contribution < 1.29 is 9.47 Å². The summed E-state index contributed by atoms with van der Waals surface area (Å²) in [6.45, 7) is 5.82. The second kappa shape index (κ2) is 8.70. The summed E-state index contributed by atoms with van der Waals surface area (Å²) in [6, 6.07) is 6.41. The molecule has 1 aliphatic carbocycles. The molecule has 1 spiro atoms. The summed E-state index contributed by atoms with van der Waals surface area (Å²) < 4.78 is 12.5. The van der Waals surface area contributed by atoms with Crippen molar-refractivity contribution in [2.75, 3.05) is 26.3 Å². The number of nitrogens with zero attached hydrogens (tertiary/aromatic N) is 1. The number of fused-ring (bicyclic) bond motifs is 1. The standard InChI is InChI=1S/C25H34N2O2S/c1-19-17-30-23-20(19)7-14-28-21(23)16-26-13-10-24(22-6-2-5-12-27-22)11-15-29-25(18-24)8-3-4-9-25/h2,5-6,12,17,21,26H,3-4,7-11,13-16,18H2,1H3/t21?,24-/m1/s1. The van der Waals surface area contributed by atoms with Gasteiger partial charge >= 0.3 is 0 Å². The van der Waals surface area contributed by atoms with Crippen molar-refractivity contribution in [3.63, 3.8) is 0 Å². The molecule has 30 heavy (non-hydrogen) atoms. The zero-order valence-corrected chi connectivity index (χ0v) is 18.9. The number of pyridine rings is 1. The highest BCUT2D eigenvalue weighted by molar-refractivity contribution is 7.10. The summed E-state index contributed by atoms with van der Waals surface area (Å²) in [6.07, 6.45) is 11.6.